The average molecular weight is 298 g/mol. The zero-order valence-corrected chi connectivity index (χ0v) is 12.8. The van der Waals surface area contributed by atoms with Crippen molar-refractivity contribution in [2.24, 2.45) is 7.05 Å². The summed E-state index contributed by atoms with van der Waals surface area (Å²) in [5.74, 6) is 0.500. The minimum atomic E-state index is -2.55. The highest BCUT2D eigenvalue weighted by Crippen LogP contribution is 2.45. The Hall–Kier alpha value is -0.130. The molecule has 1 N–H and O–H groups in total. The predicted molar refractivity (Wildman–Crippen MR) is 73.0 cm³/mol. The molecule has 0 radical (unpaired) electrons. The van der Waals surface area contributed by atoms with E-state index in [1.165, 1.54) is 4.68 Å². The lowest BCUT2D eigenvalue weighted by molar-refractivity contribution is 0.312. The fraction of sp³-hybridized carbons (Fsp3) is 0.667. The molecule has 0 aliphatic carbocycles. The van der Waals surface area contributed by atoms with E-state index in [0.29, 0.717) is 17.6 Å². The van der Waals surface area contributed by atoms with Gasteiger partial charge < -0.3 is 9.05 Å². The van der Waals surface area contributed by atoms with Crippen LogP contribution >= 0.6 is 18.2 Å². The maximum atomic E-state index is 5.78. The van der Waals surface area contributed by atoms with Crippen molar-refractivity contribution in [1.82, 2.24) is 14.9 Å². The van der Waals surface area contributed by atoms with Gasteiger partial charge >= 0.3 is 6.64 Å². The van der Waals surface area contributed by atoms with Gasteiger partial charge in [0.2, 0.25) is 5.88 Å². The second-order valence-electron chi connectivity index (χ2n) is 3.72. The lowest BCUT2D eigenvalue weighted by Crippen LogP contribution is -2.24. The maximum Gasteiger partial charge on any atom is 0.314 e. The highest BCUT2D eigenvalue weighted by molar-refractivity contribution is 8.09. The Labute approximate surface area is 112 Å². The van der Waals surface area contributed by atoms with Crippen LogP contribution in [0, 0.1) is 0 Å². The first-order chi connectivity index (χ1) is 7.86. The quantitative estimate of drug-likeness (QED) is 0.818. The molecule has 0 bridgehead atoms. The van der Waals surface area contributed by atoms with E-state index in [1.54, 1.807) is 13.1 Å². The molecule has 0 amide bonds. The SMILES string of the molecule is CCOP(=S)(NC(C)C)Oc1cc(Cl)nn1C. The van der Waals surface area contributed by atoms with Gasteiger partial charge in [0.25, 0.3) is 0 Å². The van der Waals surface area contributed by atoms with Gasteiger partial charge in [-0.1, -0.05) is 11.6 Å². The van der Waals surface area contributed by atoms with Crippen LogP contribution in [0.3, 0.4) is 0 Å². The van der Waals surface area contributed by atoms with Gasteiger partial charge in [-0.15, -0.1) is 0 Å². The normalized spacial score (nSPS) is 14.9. The Morgan fingerprint density at radius 3 is 2.71 bits per heavy atom. The van der Waals surface area contributed by atoms with Gasteiger partial charge in [0.05, 0.1) is 6.61 Å². The molecular formula is C9H17ClN3O2PS. The lowest BCUT2D eigenvalue weighted by Gasteiger charge is -2.24. The number of aryl methyl sites for hydroxylation is 1. The van der Waals surface area contributed by atoms with Gasteiger partial charge in [0.15, 0.2) is 5.15 Å². The molecule has 1 unspecified atom stereocenters. The molecule has 17 heavy (non-hydrogen) atoms. The summed E-state index contributed by atoms with van der Waals surface area (Å²) >= 11 is 11.2. The fourth-order valence-electron chi connectivity index (χ4n) is 1.20. The number of nitrogens with one attached hydrogen (secondary N) is 1. The number of nitrogens with zero attached hydrogens (tertiary/aromatic N) is 2. The van der Waals surface area contributed by atoms with Crippen LogP contribution in [0.1, 0.15) is 20.8 Å². The molecule has 0 saturated heterocycles. The highest BCUT2D eigenvalue weighted by atomic mass is 35.5. The molecule has 1 aromatic heterocycles. The third-order valence-corrected chi connectivity index (χ3v) is 4.64. The second-order valence-corrected chi connectivity index (χ2v) is 7.24. The molecule has 1 rings (SSSR count). The Balaban J connectivity index is 2.86. The summed E-state index contributed by atoms with van der Waals surface area (Å²) in [5.41, 5.74) is 0. The van der Waals surface area contributed by atoms with Crippen LogP contribution < -0.4 is 9.61 Å². The van der Waals surface area contributed by atoms with Crippen molar-refractivity contribution in [2.45, 2.75) is 26.8 Å². The molecule has 0 fully saturated rings. The van der Waals surface area contributed by atoms with Crippen LogP contribution in [0.4, 0.5) is 0 Å². The van der Waals surface area contributed by atoms with Crippen LogP contribution in [0.15, 0.2) is 6.07 Å². The molecule has 98 valence electrons. The monoisotopic (exact) mass is 297 g/mol. The van der Waals surface area contributed by atoms with Crippen molar-refractivity contribution in [2.75, 3.05) is 6.61 Å². The van der Waals surface area contributed by atoms with Gasteiger partial charge in [0, 0.05) is 19.2 Å². The van der Waals surface area contributed by atoms with Gasteiger partial charge in [0.1, 0.15) is 0 Å². The summed E-state index contributed by atoms with van der Waals surface area (Å²) < 4.78 is 12.8. The summed E-state index contributed by atoms with van der Waals surface area (Å²) in [6, 6.07) is 1.79. The van der Waals surface area contributed by atoms with Crippen molar-refractivity contribution in [1.29, 1.82) is 0 Å². The van der Waals surface area contributed by atoms with E-state index in [2.05, 4.69) is 10.2 Å². The average Bonchev–Trinajstić information content (AvgIpc) is 2.43. The third kappa shape index (κ3) is 4.56. The Kier molecular flexibility index (Phi) is 5.41. The summed E-state index contributed by atoms with van der Waals surface area (Å²) in [6.45, 7) is 3.79. The standard InChI is InChI=1S/C9H17ClN3O2PS/c1-5-14-16(17,12-7(2)3)15-9-6-8(10)11-13(9)4/h6-7H,5H2,1-4H3,(H,12,17). The second kappa shape index (κ2) is 6.16. The van der Waals surface area contributed by atoms with E-state index in [0.717, 1.165) is 0 Å². The molecule has 1 atom stereocenters. The molecule has 1 aromatic rings. The summed E-state index contributed by atoms with van der Waals surface area (Å²) in [4.78, 5) is 0. The first-order valence-electron chi connectivity index (χ1n) is 5.28. The molecule has 0 spiro atoms. The van der Waals surface area contributed by atoms with E-state index in [-0.39, 0.29) is 6.04 Å². The predicted octanol–water partition coefficient (Wildman–Crippen LogP) is 2.71. The molecule has 0 saturated carbocycles. The van der Waals surface area contributed by atoms with E-state index in [9.17, 15) is 0 Å². The fourth-order valence-corrected chi connectivity index (χ4v) is 4.16. The number of hydrogen-bond donors (Lipinski definition) is 1. The van der Waals surface area contributed by atoms with Crippen LogP contribution in [0.5, 0.6) is 5.88 Å². The van der Waals surface area contributed by atoms with Crippen molar-refractivity contribution < 1.29 is 9.05 Å². The van der Waals surface area contributed by atoms with Crippen molar-refractivity contribution >= 4 is 30.1 Å². The van der Waals surface area contributed by atoms with Gasteiger partial charge in [-0.25, -0.2) is 9.77 Å². The van der Waals surface area contributed by atoms with Crippen LogP contribution in [-0.4, -0.2) is 22.4 Å². The molecule has 0 aliphatic rings. The topological polar surface area (TPSA) is 48.3 Å². The van der Waals surface area contributed by atoms with Crippen molar-refractivity contribution in [3.8, 4) is 5.88 Å². The summed E-state index contributed by atoms with van der Waals surface area (Å²) in [7, 11) is 1.74. The van der Waals surface area contributed by atoms with E-state index in [4.69, 9.17) is 32.5 Å². The molecular weight excluding hydrogens is 281 g/mol. The molecule has 1 heterocycles. The van der Waals surface area contributed by atoms with Gasteiger partial charge in [-0.3, -0.25) is 0 Å². The van der Waals surface area contributed by atoms with Crippen molar-refractivity contribution in [3.05, 3.63) is 11.2 Å². The van der Waals surface area contributed by atoms with Crippen molar-refractivity contribution in [3.63, 3.8) is 0 Å². The molecule has 0 aromatic carbocycles. The number of aromatic nitrogens is 2. The zero-order valence-electron chi connectivity index (χ0n) is 10.3. The molecule has 0 aliphatic heterocycles. The number of hydrogen-bond acceptors (Lipinski definition) is 4. The summed E-state index contributed by atoms with van der Waals surface area (Å²) in [6.07, 6.45) is 0. The van der Waals surface area contributed by atoms with E-state index >= 15 is 0 Å². The first kappa shape index (κ1) is 14.9. The summed E-state index contributed by atoms with van der Waals surface area (Å²) in [5, 5.41) is 7.48. The maximum absolute atomic E-state index is 5.78. The Morgan fingerprint density at radius 2 is 2.29 bits per heavy atom. The number of rotatable bonds is 6. The largest absolute Gasteiger partial charge is 0.414 e. The minimum absolute atomic E-state index is 0.177. The van der Waals surface area contributed by atoms with Crippen LogP contribution in [0.2, 0.25) is 5.15 Å². The smallest absolute Gasteiger partial charge is 0.314 e. The zero-order chi connectivity index (χ0) is 13.1. The highest BCUT2D eigenvalue weighted by Gasteiger charge is 2.23. The van der Waals surface area contributed by atoms with Gasteiger partial charge in [-0.05, 0) is 32.6 Å². The van der Waals surface area contributed by atoms with E-state index in [1.807, 2.05) is 20.8 Å². The first-order valence-corrected chi connectivity index (χ1v) is 8.29. The number of halogens is 1. The van der Waals surface area contributed by atoms with Gasteiger partial charge in [-0.2, -0.15) is 5.10 Å². The van der Waals surface area contributed by atoms with E-state index < -0.39 is 6.64 Å². The lowest BCUT2D eigenvalue weighted by atomic mass is 10.4. The minimum Gasteiger partial charge on any atom is -0.414 e. The van der Waals surface area contributed by atoms with Crippen LogP contribution in [-0.2, 0) is 23.4 Å². The Morgan fingerprint density at radius 1 is 1.65 bits per heavy atom. The van der Waals surface area contributed by atoms with Crippen LogP contribution in [0.25, 0.3) is 0 Å². The third-order valence-electron chi connectivity index (χ3n) is 1.74. The molecule has 5 nitrogen and oxygen atoms in total. The Bertz CT molecular complexity index is 424. The molecule has 8 heteroatoms.